The van der Waals surface area contributed by atoms with Gasteiger partial charge in [0.05, 0.1) is 12.6 Å². The van der Waals surface area contributed by atoms with Gasteiger partial charge in [0, 0.05) is 51.6 Å². The Hall–Kier alpha value is -2.90. The molecule has 2 aromatic heterocycles. The second kappa shape index (κ2) is 7.55. The lowest BCUT2D eigenvalue weighted by atomic mass is 9.99. The number of carbonyl (C=O) groups is 2. The number of rotatable bonds is 6. The molecule has 1 aliphatic heterocycles. The Morgan fingerprint density at radius 3 is 2.85 bits per heavy atom. The van der Waals surface area contributed by atoms with Gasteiger partial charge < -0.3 is 19.5 Å². The largest absolute Gasteiger partial charge is 0.477 e. The predicted octanol–water partition coefficient (Wildman–Crippen LogP) is 1.16. The number of hydrogen-bond donors (Lipinski definition) is 1. The first kappa shape index (κ1) is 17.9. The molecule has 0 unspecified atom stereocenters. The van der Waals surface area contributed by atoms with Gasteiger partial charge >= 0.3 is 0 Å². The number of ether oxygens (including phenoxy) is 1. The minimum Gasteiger partial charge on any atom is -0.477 e. The highest BCUT2D eigenvalue weighted by molar-refractivity contribution is 5.96. The highest BCUT2D eigenvalue weighted by atomic mass is 16.5. The third-order valence-corrected chi connectivity index (χ3v) is 4.64. The van der Waals surface area contributed by atoms with Gasteiger partial charge in [-0.25, -0.2) is 9.97 Å². The normalized spacial score (nSPS) is 19.7. The van der Waals surface area contributed by atoms with E-state index >= 15 is 0 Å². The number of hydrogen-bond acceptors (Lipinski definition) is 5. The molecular formula is C18H23N5O3. The number of nitrogens with zero attached hydrogens (tertiary/aromatic N) is 4. The molecule has 8 heteroatoms. The average molecular weight is 357 g/mol. The molecule has 8 nitrogen and oxygen atoms in total. The summed E-state index contributed by atoms with van der Waals surface area (Å²) in [5, 5.41) is 2.92. The minimum absolute atomic E-state index is 0.0497. The van der Waals surface area contributed by atoms with Crippen molar-refractivity contribution in [1.82, 2.24) is 24.8 Å². The van der Waals surface area contributed by atoms with E-state index in [9.17, 15) is 9.59 Å². The summed E-state index contributed by atoms with van der Waals surface area (Å²) in [7, 11) is 3.68. The van der Waals surface area contributed by atoms with E-state index in [4.69, 9.17) is 4.74 Å². The van der Waals surface area contributed by atoms with E-state index < -0.39 is 0 Å². The van der Waals surface area contributed by atoms with Crippen molar-refractivity contribution < 1.29 is 14.3 Å². The van der Waals surface area contributed by atoms with Crippen LogP contribution in [0.1, 0.15) is 35.6 Å². The lowest BCUT2D eigenvalue weighted by molar-refractivity contribution is -0.127. The molecule has 1 saturated heterocycles. The van der Waals surface area contributed by atoms with Crippen LogP contribution in [0.2, 0.25) is 0 Å². The van der Waals surface area contributed by atoms with Gasteiger partial charge in [-0.1, -0.05) is 0 Å². The number of amides is 2. The number of imidazole rings is 1. The van der Waals surface area contributed by atoms with Crippen molar-refractivity contribution in [2.24, 2.45) is 13.0 Å². The van der Waals surface area contributed by atoms with E-state index in [0.29, 0.717) is 31.0 Å². The number of aromatic nitrogens is 3. The molecule has 3 heterocycles. The van der Waals surface area contributed by atoms with Gasteiger partial charge in [-0.05, 0) is 19.1 Å². The number of likely N-dealkylation sites (tertiary alicyclic amines) is 1. The quantitative estimate of drug-likeness (QED) is 0.838. The fraction of sp³-hybridized carbons (Fsp3) is 0.444. The van der Waals surface area contributed by atoms with Crippen LogP contribution in [0.3, 0.4) is 0 Å². The van der Waals surface area contributed by atoms with E-state index in [-0.39, 0.29) is 23.8 Å². The van der Waals surface area contributed by atoms with Crippen molar-refractivity contribution in [3.63, 3.8) is 0 Å². The van der Waals surface area contributed by atoms with E-state index in [1.165, 1.54) is 0 Å². The molecule has 2 atom stereocenters. The van der Waals surface area contributed by atoms with Crippen molar-refractivity contribution in [2.75, 3.05) is 20.2 Å². The van der Waals surface area contributed by atoms with E-state index in [1.807, 2.05) is 24.7 Å². The first-order chi connectivity index (χ1) is 12.5. The Kier molecular flexibility index (Phi) is 5.20. The maximum Gasteiger partial charge on any atom is 0.256 e. The van der Waals surface area contributed by atoms with Crippen molar-refractivity contribution in [3.8, 4) is 5.88 Å². The second-order valence-electron chi connectivity index (χ2n) is 6.31. The maximum atomic E-state index is 12.6. The van der Waals surface area contributed by atoms with Crippen molar-refractivity contribution in [3.05, 3.63) is 42.1 Å². The summed E-state index contributed by atoms with van der Waals surface area (Å²) in [5.74, 6) is 0.863. The van der Waals surface area contributed by atoms with Crippen molar-refractivity contribution in [1.29, 1.82) is 0 Å². The zero-order chi connectivity index (χ0) is 18.7. The first-order valence-electron chi connectivity index (χ1n) is 8.61. The Morgan fingerprint density at radius 1 is 1.35 bits per heavy atom. The molecule has 0 spiro atoms. The van der Waals surface area contributed by atoms with Gasteiger partial charge in [-0.2, -0.15) is 0 Å². The van der Waals surface area contributed by atoms with Crippen LogP contribution in [0, 0.1) is 5.92 Å². The molecular weight excluding hydrogens is 334 g/mol. The van der Waals surface area contributed by atoms with Gasteiger partial charge in [-0.3, -0.25) is 9.59 Å². The van der Waals surface area contributed by atoms with Gasteiger partial charge in [0.25, 0.3) is 5.91 Å². The molecule has 0 bridgehead atoms. The summed E-state index contributed by atoms with van der Waals surface area (Å²) in [4.78, 5) is 35.0. The molecule has 2 amide bonds. The molecule has 138 valence electrons. The zero-order valence-electron chi connectivity index (χ0n) is 15.2. The standard InChI is InChI=1S/C18H23N5O3/c1-4-26-18-13(6-5-7-20-18)17(25)21-11-12-10-14(24)23(3)15(12)16-19-8-9-22(16)2/h5-9,12,15H,4,10-11H2,1-3H3,(H,21,25)/t12-,15+/m0/s1. The fourth-order valence-electron chi connectivity index (χ4n) is 3.32. The van der Waals surface area contributed by atoms with E-state index in [1.54, 1.807) is 36.5 Å². The second-order valence-corrected chi connectivity index (χ2v) is 6.31. The summed E-state index contributed by atoms with van der Waals surface area (Å²) in [5.41, 5.74) is 0.389. The van der Waals surface area contributed by atoms with Gasteiger partial charge in [0.2, 0.25) is 11.8 Å². The van der Waals surface area contributed by atoms with Crippen LogP contribution in [0.4, 0.5) is 0 Å². The summed E-state index contributed by atoms with van der Waals surface area (Å²) in [6.07, 6.45) is 5.53. The monoisotopic (exact) mass is 357 g/mol. The molecule has 1 N–H and O–H groups in total. The third kappa shape index (κ3) is 3.40. The molecule has 1 fully saturated rings. The van der Waals surface area contributed by atoms with Crippen LogP contribution in [0.25, 0.3) is 0 Å². The smallest absolute Gasteiger partial charge is 0.256 e. The number of aryl methyl sites for hydroxylation is 1. The highest BCUT2D eigenvalue weighted by Gasteiger charge is 2.40. The molecule has 0 aliphatic carbocycles. The summed E-state index contributed by atoms with van der Waals surface area (Å²) < 4.78 is 7.32. The van der Waals surface area contributed by atoms with E-state index in [2.05, 4.69) is 15.3 Å². The van der Waals surface area contributed by atoms with Crippen LogP contribution in [0.15, 0.2) is 30.7 Å². The summed E-state index contributed by atoms with van der Waals surface area (Å²) in [6, 6.07) is 3.21. The zero-order valence-corrected chi connectivity index (χ0v) is 15.2. The first-order valence-corrected chi connectivity index (χ1v) is 8.61. The van der Waals surface area contributed by atoms with E-state index in [0.717, 1.165) is 5.82 Å². The lowest BCUT2D eigenvalue weighted by Gasteiger charge is -2.24. The molecule has 3 rings (SSSR count). The number of pyridine rings is 1. The highest BCUT2D eigenvalue weighted by Crippen LogP contribution is 2.35. The Morgan fingerprint density at radius 2 is 2.15 bits per heavy atom. The summed E-state index contributed by atoms with van der Waals surface area (Å²) >= 11 is 0. The van der Waals surface area contributed by atoms with Crippen molar-refractivity contribution >= 4 is 11.8 Å². The Bertz CT molecular complexity index is 804. The third-order valence-electron chi connectivity index (χ3n) is 4.64. The van der Waals surface area contributed by atoms with Crippen LogP contribution < -0.4 is 10.1 Å². The van der Waals surface area contributed by atoms with Crippen LogP contribution >= 0.6 is 0 Å². The Labute approximate surface area is 152 Å². The summed E-state index contributed by atoms with van der Waals surface area (Å²) in [6.45, 7) is 2.64. The molecule has 26 heavy (non-hydrogen) atoms. The lowest BCUT2D eigenvalue weighted by Crippen LogP contribution is -2.33. The van der Waals surface area contributed by atoms with Gasteiger partial charge in [0.1, 0.15) is 11.4 Å². The molecule has 0 aromatic carbocycles. The SMILES string of the molecule is CCOc1ncccc1C(=O)NC[C@@H]1CC(=O)N(C)[C@H]1c1nccn1C. The average Bonchev–Trinajstić information content (AvgIpc) is 3.16. The predicted molar refractivity (Wildman–Crippen MR) is 94.6 cm³/mol. The van der Waals surface area contributed by atoms with Gasteiger partial charge in [-0.15, -0.1) is 0 Å². The fourth-order valence-corrected chi connectivity index (χ4v) is 3.32. The number of carbonyl (C=O) groups excluding carboxylic acids is 2. The topological polar surface area (TPSA) is 89.3 Å². The molecule has 0 saturated carbocycles. The minimum atomic E-state index is -0.262. The van der Waals surface area contributed by atoms with Crippen molar-refractivity contribution in [2.45, 2.75) is 19.4 Å². The van der Waals surface area contributed by atoms with Crippen LogP contribution in [-0.4, -0.2) is 51.4 Å². The van der Waals surface area contributed by atoms with Crippen LogP contribution in [-0.2, 0) is 11.8 Å². The molecule has 1 aliphatic rings. The number of nitrogens with one attached hydrogen (secondary N) is 1. The molecule has 2 aromatic rings. The Balaban J connectivity index is 1.73. The van der Waals surface area contributed by atoms with Crippen LogP contribution in [0.5, 0.6) is 5.88 Å². The maximum absolute atomic E-state index is 12.6. The molecule has 0 radical (unpaired) electrons. The van der Waals surface area contributed by atoms with Gasteiger partial charge in [0.15, 0.2) is 0 Å².